The van der Waals surface area contributed by atoms with Crippen LogP contribution in [-0.2, 0) is 6.42 Å². The summed E-state index contributed by atoms with van der Waals surface area (Å²) in [7, 11) is 5.32. The van der Waals surface area contributed by atoms with E-state index in [9.17, 15) is 0 Å². The van der Waals surface area contributed by atoms with E-state index in [0.29, 0.717) is 6.04 Å². The van der Waals surface area contributed by atoms with Crippen molar-refractivity contribution in [3.05, 3.63) is 23.8 Å². The predicted octanol–water partition coefficient (Wildman–Crippen LogP) is 1.85. The highest BCUT2D eigenvalue weighted by Gasteiger charge is 2.08. The molecule has 3 heteroatoms. The van der Waals surface area contributed by atoms with Crippen LogP contribution in [0.1, 0.15) is 12.5 Å². The molecule has 1 N–H and O–H groups in total. The highest BCUT2D eigenvalue weighted by molar-refractivity contribution is 5.40. The van der Waals surface area contributed by atoms with Gasteiger partial charge in [0.1, 0.15) is 11.5 Å². The highest BCUT2D eigenvalue weighted by atomic mass is 16.5. The molecule has 0 fully saturated rings. The third-order valence-corrected chi connectivity index (χ3v) is 2.51. The van der Waals surface area contributed by atoms with E-state index in [1.165, 1.54) is 5.56 Å². The molecule has 0 bridgehead atoms. The fraction of sp³-hybridized carbons (Fsp3) is 0.500. The number of hydrogen-bond donors (Lipinski definition) is 1. The first-order chi connectivity index (χ1) is 7.21. The Hall–Kier alpha value is -1.22. The minimum Gasteiger partial charge on any atom is -0.497 e. The Morgan fingerprint density at radius 1 is 1.27 bits per heavy atom. The van der Waals surface area contributed by atoms with Crippen molar-refractivity contribution >= 4 is 0 Å². The Kier molecular flexibility index (Phi) is 4.43. The average Bonchev–Trinajstić information content (AvgIpc) is 2.28. The smallest absolute Gasteiger partial charge is 0.122 e. The van der Waals surface area contributed by atoms with Crippen LogP contribution in [0.4, 0.5) is 0 Å². The van der Waals surface area contributed by atoms with Crippen LogP contribution in [0, 0.1) is 0 Å². The molecule has 1 aromatic rings. The van der Waals surface area contributed by atoms with Gasteiger partial charge in [-0.1, -0.05) is 0 Å². The third-order valence-electron chi connectivity index (χ3n) is 2.51. The van der Waals surface area contributed by atoms with Gasteiger partial charge in [0.15, 0.2) is 0 Å². The summed E-state index contributed by atoms with van der Waals surface area (Å²) < 4.78 is 10.5. The van der Waals surface area contributed by atoms with E-state index >= 15 is 0 Å². The van der Waals surface area contributed by atoms with Gasteiger partial charge in [-0.25, -0.2) is 0 Å². The van der Waals surface area contributed by atoms with Gasteiger partial charge in [0, 0.05) is 6.04 Å². The Bertz CT molecular complexity index is 312. The summed E-state index contributed by atoms with van der Waals surface area (Å²) in [6.45, 7) is 2.14. The molecule has 0 aliphatic rings. The zero-order chi connectivity index (χ0) is 11.3. The summed E-state index contributed by atoms with van der Waals surface area (Å²) in [4.78, 5) is 0. The van der Waals surface area contributed by atoms with Crippen molar-refractivity contribution in [2.45, 2.75) is 19.4 Å². The summed E-state index contributed by atoms with van der Waals surface area (Å²) in [5, 5.41) is 3.21. The fourth-order valence-electron chi connectivity index (χ4n) is 1.47. The van der Waals surface area contributed by atoms with Gasteiger partial charge in [-0.3, -0.25) is 0 Å². The molecule has 0 aromatic heterocycles. The standard InChI is InChI=1S/C12H19NO2/c1-9(13-2)7-10-8-11(14-3)5-6-12(10)15-4/h5-6,8-9,13H,7H2,1-4H3. The minimum atomic E-state index is 0.422. The number of ether oxygens (including phenoxy) is 2. The summed E-state index contributed by atoms with van der Waals surface area (Å²) in [6.07, 6.45) is 0.927. The zero-order valence-electron chi connectivity index (χ0n) is 9.83. The fourth-order valence-corrected chi connectivity index (χ4v) is 1.47. The topological polar surface area (TPSA) is 30.5 Å². The van der Waals surface area contributed by atoms with Crippen molar-refractivity contribution in [1.29, 1.82) is 0 Å². The van der Waals surface area contributed by atoms with Gasteiger partial charge in [0.05, 0.1) is 14.2 Å². The number of hydrogen-bond acceptors (Lipinski definition) is 3. The maximum absolute atomic E-state index is 5.31. The Morgan fingerprint density at radius 2 is 2.00 bits per heavy atom. The molecule has 0 saturated heterocycles. The second kappa shape index (κ2) is 5.61. The second-order valence-electron chi connectivity index (χ2n) is 3.57. The number of likely N-dealkylation sites (N-methyl/N-ethyl adjacent to an activating group) is 1. The van der Waals surface area contributed by atoms with E-state index < -0.39 is 0 Å². The summed E-state index contributed by atoms with van der Waals surface area (Å²) in [5.41, 5.74) is 1.17. The Labute approximate surface area is 91.4 Å². The normalized spacial score (nSPS) is 12.3. The molecule has 0 amide bonds. The monoisotopic (exact) mass is 209 g/mol. The van der Waals surface area contributed by atoms with E-state index in [-0.39, 0.29) is 0 Å². The highest BCUT2D eigenvalue weighted by Crippen LogP contribution is 2.24. The van der Waals surface area contributed by atoms with Crippen molar-refractivity contribution in [3.8, 4) is 11.5 Å². The van der Waals surface area contributed by atoms with Crippen LogP contribution < -0.4 is 14.8 Å². The molecule has 0 radical (unpaired) electrons. The molecule has 0 aliphatic heterocycles. The zero-order valence-corrected chi connectivity index (χ0v) is 9.83. The molecule has 0 heterocycles. The van der Waals surface area contributed by atoms with Gasteiger partial charge < -0.3 is 14.8 Å². The van der Waals surface area contributed by atoms with Crippen molar-refractivity contribution in [2.24, 2.45) is 0 Å². The molecule has 1 rings (SSSR count). The van der Waals surface area contributed by atoms with Crippen molar-refractivity contribution < 1.29 is 9.47 Å². The number of rotatable bonds is 5. The molecular formula is C12H19NO2. The maximum atomic E-state index is 5.31. The van der Waals surface area contributed by atoms with Crippen LogP contribution >= 0.6 is 0 Å². The van der Waals surface area contributed by atoms with Gasteiger partial charge in [0.2, 0.25) is 0 Å². The quantitative estimate of drug-likeness (QED) is 0.803. The number of benzene rings is 1. The predicted molar refractivity (Wildman–Crippen MR) is 61.8 cm³/mol. The summed E-state index contributed by atoms with van der Waals surface area (Å²) in [6, 6.07) is 6.29. The molecule has 84 valence electrons. The molecular weight excluding hydrogens is 190 g/mol. The van der Waals surface area contributed by atoms with Gasteiger partial charge in [-0.15, -0.1) is 0 Å². The lowest BCUT2D eigenvalue weighted by Gasteiger charge is -2.14. The van der Waals surface area contributed by atoms with Gasteiger partial charge >= 0.3 is 0 Å². The first-order valence-corrected chi connectivity index (χ1v) is 5.09. The third kappa shape index (κ3) is 3.13. The molecule has 1 aromatic carbocycles. The number of nitrogens with one attached hydrogen (secondary N) is 1. The van der Waals surface area contributed by atoms with Crippen LogP contribution in [0.3, 0.4) is 0 Å². The molecule has 1 atom stereocenters. The lowest BCUT2D eigenvalue weighted by Crippen LogP contribution is -2.23. The van der Waals surface area contributed by atoms with Crippen LogP contribution in [0.5, 0.6) is 11.5 Å². The second-order valence-corrected chi connectivity index (χ2v) is 3.57. The lowest BCUT2D eigenvalue weighted by atomic mass is 10.1. The first kappa shape index (κ1) is 11.9. The summed E-state index contributed by atoms with van der Waals surface area (Å²) >= 11 is 0. The van der Waals surface area contributed by atoms with Gasteiger partial charge in [0.25, 0.3) is 0 Å². The van der Waals surface area contributed by atoms with Crippen molar-refractivity contribution in [2.75, 3.05) is 21.3 Å². The molecule has 3 nitrogen and oxygen atoms in total. The van der Waals surface area contributed by atoms with Crippen LogP contribution in [0.15, 0.2) is 18.2 Å². The van der Waals surface area contributed by atoms with E-state index in [4.69, 9.17) is 9.47 Å². The van der Waals surface area contributed by atoms with E-state index in [1.807, 2.05) is 25.2 Å². The average molecular weight is 209 g/mol. The molecule has 0 spiro atoms. The largest absolute Gasteiger partial charge is 0.497 e. The van der Waals surface area contributed by atoms with Crippen LogP contribution in [0.2, 0.25) is 0 Å². The van der Waals surface area contributed by atoms with Gasteiger partial charge in [-0.05, 0) is 44.2 Å². The van der Waals surface area contributed by atoms with E-state index in [2.05, 4.69) is 12.2 Å². The van der Waals surface area contributed by atoms with Gasteiger partial charge in [-0.2, -0.15) is 0 Å². The van der Waals surface area contributed by atoms with E-state index in [1.54, 1.807) is 14.2 Å². The maximum Gasteiger partial charge on any atom is 0.122 e. The molecule has 1 unspecified atom stereocenters. The van der Waals surface area contributed by atoms with Crippen molar-refractivity contribution in [1.82, 2.24) is 5.32 Å². The minimum absolute atomic E-state index is 0.422. The van der Waals surface area contributed by atoms with Crippen LogP contribution in [-0.4, -0.2) is 27.3 Å². The first-order valence-electron chi connectivity index (χ1n) is 5.09. The Morgan fingerprint density at radius 3 is 2.53 bits per heavy atom. The molecule has 0 saturated carbocycles. The number of methoxy groups -OCH3 is 2. The molecule has 0 aliphatic carbocycles. The summed E-state index contributed by atoms with van der Waals surface area (Å²) in [5.74, 6) is 1.78. The lowest BCUT2D eigenvalue weighted by molar-refractivity contribution is 0.396. The van der Waals surface area contributed by atoms with Crippen LogP contribution in [0.25, 0.3) is 0 Å². The Balaban J connectivity index is 2.90. The molecule has 15 heavy (non-hydrogen) atoms. The van der Waals surface area contributed by atoms with E-state index in [0.717, 1.165) is 17.9 Å². The van der Waals surface area contributed by atoms with Crippen molar-refractivity contribution in [3.63, 3.8) is 0 Å². The SMILES string of the molecule is CNC(C)Cc1cc(OC)ccc1OC.